The van der Waals surface area contributed by atoms with Gasteiger partial charge in [0.05, 0.1) is 58.5 Å². The van der Waals surface area contributed by atoms with Crippen LogP contribution in [0.3, 0.4) is 0 Å². The second kappa shape index (κ2) is 15.8. The van der Waals surface area contributed by atoms with Gasteiger partial charge in [-0.25, -0.2) is 35.8 Å². The molecule has 13 nitrogen and oxygen atoms in total. The summed E-state index contributed by atoms with van der Waals surface area (Å²) in [6.45, 7) is -1.08. The number of aromatic nitrogens is 4. The molecule has 4 aromatic carbocycles. The van der Waals surface area contributed by atoms with E-state index >= 15 is 0 Å². The van der Waals surface area contributed by atoms with E-state index in [0.29, 0.717) is 17.4 Å². The molecule has 3 N–H and O–H groups in total. The first-order valence-corrected chi connectivity index (χ1v) is 18.4. The fraction of sp³-hybridized carbons (Fsp3) is 0.222. The summed E-state index contributed by atoms with van der Waals surface area (Å²) in [5.74, 6) is -2.23. The molecule has 288 valence electrons. The SMILES string of the molecule is COc1ccc(CCS(=O)(=O)Nc2nn(CC(F)F)c3c(-n4c([C@H](Cc5cc(F)cc(F)c5)NC(=O)O)nc5cc(OC)ccc5c4=O)ccc(Cl)c23)cc1. The number of halogens is 5. The predicted octanol–water partition coefficient (Wildman–Crippen LogP) is 6.49. The van der Waals surface area contributed by atoms with Crippen LogP contribution in [0.25, 0.3) is 27.5 Å². The second-order valence-corrected chi connectivity index (χ2v) is 14.5. The van der Waals surface area contributed by atoms with Crippen molar-refractivity contribution in [2.45, 2.75) is 31.9 Å². The van der Waals surface area contributed by atoms with E-state index < -0.39 is 70.3 Å². The third-order valence-corrected chi connectivity index (χ3v) is 10.1. The molecule has 55 heavy (non-hydrogen) atoms. The minimum absolute atomic E-state index is 0.0156. The van der Waals surface area contributed by atoms with Gasteiger partial charge in [0, 0.05) is 18.6 Å². The molecule has 19 heteroatoms. The van der Waals surface area contributed by atoms with E-state index in [0.717, 1.165) is 21.4 Å². The number of hydrogen-bond donors (Lipinski definition) is 3. The predicted molar refractivity (Wildman–Crippen MR) is 196 cm³/mol. The summed E-state index contributed by atoms with van der Waals surface area (Å²) in [5, 5.41) is 16.0. The second-order valence-electron chi connectivity index (χ2n) is 12.2. The summed E-state index contributed by atoms with van der Waals surface area (Å²) >= 11 is 6.61. The van der Waals surface area contributed by atoms with E-state index in [1.807, 2.05) is 0 Å². The van der Waals surface area contributed by atoms with Crippen molar-refractivity contribution in [3.05, 3.63) is 117 Å². The average molecular weight is 803 g/mol. The van der Waals surface area contributed by atoms with E-state index in [-0.39, 0.29) is 56.1 Å². The number of methoxy groups -OCH3 is 2. The normalized spacial score (nSPS) is 12.3. The van der Waals surface area contributed by atoms with Crippen molar-refractivity contribution in [3.8, 4) is 17.2 Å². The van der Waals surface area contributed by atoms with Gasteiger partial charge in [-0.1, -0.05) is 23.7 Å². The molecule has 0 spiro atoms. The molecular formula is C36H31ClF4N6O7S. The third kappa shape index (κ3) is 8.60. The number of carbonyl (C=O) groups is 1. The maximum atomic E-state index is 14.5. The molecule has 1 atom stereocenters. The van der Waals surface area contributed by atoms with Crippen LogP contribution in [-0.2, 0) is 29.4 Å². The van der Waals surface area contributed by atoms with Crippen molar-refractivity contribution in [3.63, 3.8) is 0 Å². The smallest absolute Gasteiger partial charge is 0.405 e. The highest BCUT2D eigenvalue weighted by Gasteiger charge is 2.29. The Bertz CT molecular complexity index is 2570. The Morgan fingerprint density at radius 2 is 1.62 bits per heavy atom. The minimum atomic E-state index is -4.20. The highest BCUT2D eigenvalue weighted by atomic mass is 35.5. The van der Waals surface area contributed by atoms with E-state index in [2.05, 4.69) is 20.1 Å². The monoisotopic (exact) mass is 802 g/mol. The van der Waals surface area contributed by atoms with E-state index in [1.54, 1.807) is 24.3 Å². The van der Waals surface area contributed by atoms with Crippen LogP contribution < -0.4 is 25.1 Å². The number of alkyl halides is 2. The maximum absolute atomic E-state index is 14.5. The van der Waals surface area contributed by atoms with Gasteiger partial charge in [0.15, 0.2) is 5.82 Å². The Morgan fingerprint density at radius 3 is 2.25 bits per heavy atom. The lowest BCUT2D eigenvalue weighted by Gasteiger charge is -2.23. The number of carboxylic acid groups (broad SMARTS) is 1. The Labute approximate surface area is 315 Å². The highest BCUT2D eigenvalue weighted by Crippen LogP contribution is 2.37. The van der Waals surface area contributed by atoms with Crippen LogP contribution >= 0.6 is 11.6 Å². The number of nitrogens with one attached hydrogen (secondary N) is 2. The van der Waals surface area contributed by atoms with Gasteiger partial charge in [-0.15, -0.1) is 0 Å². The molecular weight excluding hydrogens is 772 g/mol. The van der Waals surface area contributed by atoms with Gasteiger partial charge in [-0.3, -0.25) is 18.8 Å². The van der Waals surface area contributed by atoms with Crippen LogP contribution in [-0.4, -0.2) is 65.3 Å². The van der Waals surface area contributed by atoms with Crippen LogP contribution in [0.5, 0.6) is 11.5 Å². The molecule has 0 bridgehead atoms. The molecule has 6 rings (SSSR count). The number of benzene rings is 4. The molecule has 0 saturated carbocycles. The van der Waals surface area contributed by atoms with Crippen molar-refractivity contribution in [2.24, 2.45) is 0 Å². The van der Waals surface area contributed by atoms with E-state index in [9.17, 15) is 40.7 Å². The van der Waals surface area contributed by atoms with E-state index in [1.165, 1.54) is 44.6 Å². The van der Waals surface area contributed by atoms with E-state index in [4.69, 9.17) is 21.1 Å². The third-order valence-electron chi connectivity index (χ3n) is 8.52. The number of fused-ring (bicyclic) bond motifs is 2. The quantitative estimate of drug-likeness (QED) is 0.104. The van der Waals surface area contributed by atoms with Gasteiger partial charge in [0.1, 0.15) is 35.5 Å². The lowest BCUT2D eigenvalue weighted by molar-refractivity contribution is 0.123. The van der Waals surface area contributed by atoms with Crippen LogP contribution in [0, 0.1) is 11.6 Å². The molecule has 0 saturated heterocycles. The number of anilines is 1. The van der Waals surface area contributed by atoms with Gasteiger partial charge in [-0.2, -0.15) is 5.10 Å². The summed E-state index contributed by atoms with van der Waals surface area (Å²) in [7, 11) is -1.34. The number of rotatable bonds is 14. The first-order chi connectivity index (χ1) is 26.2. The first kappa shape index (κ1) is 38.8. The standard InChI is InChI=1S/C36H31ClF4N6O7S/c1-53-23-5-3-19(4-6-23)11-12-55(51,52)45-33-31-26(37)9-10-29(32(31)46(44-33)18-30(40)41)47-34(42-27-17-24(54-2)7-8-25(27)35(47)48)28(43-36(49)50)15-20-13-21(38)16-22(39)14-20/h3-10,13-14,16-17,28,30,43H,11-12,15,18H2,1-2H3,(H,44,45)(H,49,50)/t28-/m0/s1. The summed E-state index contributed by atoms with van der Waals surface area (Å²) in [5.41, 5.74) is -0.555. The highest BCUT2D eigenvalue weighted by molar-refractivity contribution is 7.92. The van der Waals surface area contributed by atoms with Crippen LogP contribution in [0.4, 0.5) is 28.2 Å². The number of aryl methyl sites for hydroxylation is 1. The molecule has 2 aromatic heterocycles. The van der Waals surface area contributed by atoms with Gasteiger partial charge in [0.25, 0.3) is 12.0 Å². The van der Waals surface area contributed by atoms with Crippen LogP contribution in [0.15, 0.2) is 77.6 Å². The molecule has 0 aliphatic rings. The zero-order valence-electron chi connectivity index (χ0n) is 28.9. The largest absolute Gasteiger partial charge is 0.497 e. The van der Waals surface area contributed by atoms with Crippen molar-refractivity contribution in [1.82, 2.24) is 24.6 Å². The molecule has 1 amide bonds. The molecule has 0 fully saturated rings. The average Bonchev–Trinajstić information content (AvgIpc) is 3.47. The Kier molecular flexibility index (Phi) is 11.2. The van der Waals surface area contributed by atoms with Crippen molar-refractivity contribution >= 4 is 55.3 Å². The number of sulfonamides is 1. The summed E-state index contributed by atoms with van der Waals surface area (Å²) in [4.78, 5) is 31.3. The zero-order valence-corrected chi connectivity index (χ0v) is 30.5. The molecule has 0 unspecified atom stereocenters. The topological polar surface area (TPSA) is 167 Å². The van der Waals surface area contributed by atoms with Crippen LogP contribution in [0.2, 0.25) is 5.02 Å². The summed E-state index contributed by atoms with van der Waals surface area (Å²) in [6.07, 6.45) is -5.00. The maximum Gasteiger partial charge on any atom is 0.405 e. The Morgan fingerprint density at radius 1 is 0.945 bits per heavy atom. The lowest BCUT2D eigenvalue weighted by Crippen LogP contribution is -2.35. The van der Waals surface area contributed by atoms with Gasteiger partial charge >= 0.3 is 6.09 Å². The molecule has 2 heterocycles. The molecule has 0 aliphatic carbocycles. The first-order valence-electron chi connectivity index (χ1n) is 16.3. The molecule has 0 radical (unpaired) electrons. The van der Waals surface area contributed by atoms with Gasteiger partial charge < -0.3 is 19.9 Å². The number of hydrogen-bond acceptors (Lipinski definition) is 8. The number of amides is 1. The Balaban J connectivity index is 1.56. The summed E-state index contributed by atoms with van der Waals surface area (Å²) in [6, 6.07) is 14.6. The van der Waals surface area contributed by atoms with Crippen molar-refractivity contribution in [2.75, 3.05) is 24.7 Å². The Hall–Kier alpha value is -5.88. The van der Waals surface area contributed by atoms with Crippen molar-refractivity contribution < 1.29 is 45.4 Å². The van der Waals surface area contributed by atoms with Crippen LogP contribution in [0.1, 0.15) is 23.0 Å². The minimum Gasteiger partial charge on any atom is -0.497 e. The lowest BCUT2D eigenvalue weighted by atomic mass is 10.0. The molecule has 0 aliphatic heterocycles. The van der Waals surface area contributed by atoms with Gasteiger partial charge in [-0.05, 0) is 66.1 Å². The fourth-order valence-electron chi connectivity index (χ4n) is 6.12. The zero-order chi connectivity index (χ0) is 39.6. The number of nitrogens with zero attached hydrogens (tertiary/aromatic N) is 4. The van der Waals surface area contributed by atoms with Gasteiger partial charge in [0.2, 0.25) is 10.0 Å². The summed E-state index contributed by atoms with van der Waals surface area (Å²) < 4.78 is 98.1. The fourth-order valence-corrected chi connectivity index (χ4v) is 7.40. The number of ether oxygens (including phenoxy) is 2. The molecule has 6 aromatic rings. The van der Waals surface area contributed by atoms with Crippen molar-refractivity contribution in [1.29, 1.82) is 0 Å².